The van der Waals surface area contributed by atoms with E-state index in [0.29, 0.717) is 13.1 Å². The molecule has 1 rings (SSSR count). The van der Waals surface area contributed by atoms with E-state index in [4.69, 9.17) is 14.6 Å². The van der Waals surface area contributed by atoms with Crippen molar-refractivity contribution in [1.82, 2.24) is 10.2 Å². The average Bonchev–Trinajstić information content (AvgIpc) is 2.32. The number of amides is 2. The molecule has 19 heavy (non-hydrogen) atoms. The summed E-state index contributed by atoms with van der Waals surface area (Å²) in [6, 6.07) is -1.30. The number of carboxylic acid groups (broad SMARTS) is 1. The molecule has 2 N–H and O–H groups in total. The summed E-state index contributed by atoms with van der Waals surface area (Å²) in [5, 5.41) is 11.6. The molecule has 1 aliphatic heterocycles. The van der Waals surface area contributed by atoms with Crippen LogP contribution in [0.2, 0.25) is 0 Å². The van der Waals surface area contributed by atoms with Gasteiger partial charge in [0.2, 0.25) is 0 Å². The van der Waals surface area contributed by atoms with E-state index < -0.39 is 12.0 Å². The van der Waals surface area contributed by atoms with Crippen molar-refractivity contribution in [3.05, 3.63) is 0 Å². The molecule has 1 saturated heterocycles. The van der Waals surface area contributed by atoms with E-state index in [9.17, 15) is 9.59 Å². The second kappa shape index (κ2) is 7.30. The second-order valence-electron chi connectivity index (χ2n) is 4.78. The van der Waals surface area contributed by atoms with E-state index in [-0.39, 0.29) is 31.3 Å². The van der Waals surface area contributed by atoms with Crippen LogP contribution in [0.1, 0.15) is 20.3 Å². The van der Waals surface area contributed by atoms with Crippen molar-refractivity contribution in [1.29, 1.82) is 0 Å². The van der Waals surface area contributed by atoms with Crippen molar-refractivity contribution >= 4 is 12.0 Å². The number of aliphatic carboxylic acids is 1. The average molecular weight is 274 g/mol. The molecule has 0 radical (unpaired) electrons. The molecule has 0 bridgehead atoms. The van der Waals surface area contributed by atoms with Gasteiger partial charge < -0.3 is 24.8 Å². The lowest BCUT2D eigenvalue weighted by Crippen LogP contribution is -2.54. The van der Waals surface area contributed by atoms with Crippen molar-refractivity contribution in [3.8, 4) is 0 Å². The summed E-state index contributed by atoms with van der Waals surface area (Å²) in [6.45, 7) is 4.98. The maximum absolute atomic E-state index is 12.0. The van der Waals surface area contributed by atoms with E-state index in [0.717, 1.165) is 0 Å². The second-order valence-corrected chi connectivity index (χ2v) is 4.78. The lowest BCUT2D eigenvalue weighted by molar-refractivity contribution is -0.139. The van der Waals surface area contributed by atoms with Crippen LogP contribution in [0.3, 0.4) is 0 Å². The number of nitrogens with zero attached hydrogens (tertiary/aromatic N) is 1. The third kappa shape index (κ3) is 5.04. The van der Waals surface area contributed by atoms with Crippen LogP contribution in [0.15, 0.2) is 0 Å². The lowest BCUT2D eigenvalue weighted by Gasteiger charge is -2.35. The molecular formula is C12H22N2O5. The molecule has 1 heterocycles. The molecule has 0 saturated carbocycles. The fourth-order valence-corrected chi connectivity index (χ4v) is 2.08. The standard InChI is InChI=1S/C12H22N2O5/c1-8-6-14(7-9(2)19-8)12(17)13-10(11(15)16)4-5-18-3/h8-10H,4-7H2,1-3H3,(H,13,17)(H,15,16)/t8-,9+,10?. The van der Waals surface area contributed by atoms with Crippen LogP contribution in [0.5, 0.6) is 0 Å². The lowest BCUT2D eigenvalue weighted by atomic mass is 10.2. The Morgan fingerprint density at radius 1 is 1.42 bits per heavy atom. The Morgan fingerprint density at radius 3 is 2.47 bits per heavy atom. The van der Waals surface area contributed by atoms with Gasteiger partial charge in [0.15, 0.2) is 0 Å². The van der Waals surface area contributed by atoms with Crippen LogP contribution < -0.4 is 5.32 Å². The monoisotopic (exact) mass is 274 g/mol. The molecule has 0 aliphatic carbocycles. The summed E-state index contributed by atoms with van der Waals surface area (Å²) in [7, 11) is 1.49. The zero-order chi connectivity index (χ0) is 14.4. The topological polar surface area (TPSA) is 88.1 Å². The minimum Gasteiger partial charge on any atom is -0.480 e. The van der Waals surface area contributed by atoms with Gasteiger partial charge in [-0.15, -0.1) is 0 Å². The van der Waals surface area contributed by atoms with Crippen molar-refractivity contribution in [3.63, 3.8) is 0 Å². The number of carboxylic acids is 1. The molecular weight excluding hydrogens is 252 g/mol. The molecule has 0 aromatic rings. The summed E-state index contributed by atoms with van der Waals surface area (Å²) in [5.74, 6) is -1.06. The Kier molecular flexibility index (Phi) is 6.04. The molecule has 1 fully saturated rings. The minimum atomic E-state index is -1.06. The first-order valence-corrected chi connectivity index (χ1v) is 6.36. The van der Waals surface area contributed by atoms with Gasteiger partial charge in [0.25, 0.3) is 0 Å². The highest BCUT2D eigenvalue weighted by Gasteiger charge is 2.28. The first-order valence-electron chi connectivity index (χ1n) is 6.36. The molecule has 1 aliphatic rings. The van der Waals surface area contributed by atoms with Crippen LogP contribution in [0.4, 0.5) is 4.79 Å². The summed E-state index contributed by atoms with van der Waals surface area (Å²) in [6.07, 6.45) is 0.154. The number of hydrogen-bond acceptors (Lipinski definition) is 4. The fourth-order valence-electron chi connectivity index (χ4n) is 2.08. The summed E-state index contributed by atoms with van der Waals surface area (Å²) < 4.78 is 10.4. The predicted octanol–water partition coefficient (Wildman–Crippen LogP) is 0.295. The number of urea groups is 1. The van der Waals surface area contributed by atoms with Gasteiger partial charge >= 0.3 is 12.0 Å². The van der Waals surface area contributed by atoms with Gasteiger partial charge in [-0.05, 0) is 13.8 Å². The highest BCUT2D eigenvalue weighted by atomic mass is 16.5. The van der Waals surface area contributed by atoms with Crippen molar-refractivity contribution < 1.29 is 24.2 Å². The summed E-state index contributed by atoms with van der Waals surface area (Å²) >= 11 is 0. The van der Waals surface area contributed by atoms with Crippen LogP contribution in [-0.4, -0.2) is 67.1 Å². The molecule has 1 unspecified atom stereocenters. The van der Waals surface area contributed by atoms with Crippen LogP contribution in [-0.2, 0) is 14.3 Å². The van der Waals surface area contributed by atoms with Gasteiger partial charge in [0.05, 0.1) is 12.2 Å². The Hall–Kier alpha value is -1.34. The van der Waals surface area contributed by atoms with Crippen LogP contribution >= 0.6 is 0 Å². The predicted molar refractivity (Wildman–Crippen MR) is 68.0 cm³/mol. The number of ether oxygens (including phenoxy) is 2. The number of carbonyl (C=O) groups excluding carboxylic acids is 1. The normalized spacial score (nSPS) is 24.9. The van der Waals surface area contributed by atoms with Crippen molar-refractivity contribution in [2.45, 2.75) is 38.5 Å². The molecule has 0 aromatic carbocycles. The van der Waals surface area contributed by atoms with Crippen molar-refractivity contribution in [2.75, 3.05) is 26.8 Å². The number of nitrogens with one attached hydrogen (secondary N) is 1. The Morgan fingerprint density at radius 2 is 2.00 bits per heavy atom. The van der Waals surface area contributed by atoms with E-state index in [1.54, 1.807) is 4.90 Å². The zero-order valence-electron chi connectivity index (χ0n) is 11.6. The third-order valence-electron chi connectivity index (χ3n) is 2.91. The summed E-state index contributed by atoms with van der Waals surface area (Å²) in [4.78, 5) is 24.6. The third-order valence-corrected chi connectivity index (χ3v) is 2.91. The summed E-state index contributed by atoms with van der Waals surface area (Å²) in [5.41, 5.74) is 0. The maximum atomic E-state index is 12.0. The molecule has 2 amide bonds. The number of hydrogen-bond donors (Lipinski definition) is 2. The molecule has 7 heteroatoms. The SMILES string of the molecule is COCCC(NC(=O)N1C[C@@H](C)O[C@@H](C)C1)C(=O)O. The quantitative estimate of drug-likeness (QED) is 0.752. The highest BCUT2D eigenvalue weighted by Crippen LogP contribution is 2.11. The fraction of sp³-hybridized carbons (Fsp3) is 0.833. The molecule has 7 nitrogen and oxygen atoms in total. The molecule has 3 atom stereocenters. The number of morpholine rings is 1. The van der Waals surface area contributed by atoms with Gasteiger partial charge in [-0.25, -0.2) is 9.59 Å². The van der Waals surface area contributed by atoms with Gasteiger partial charge in [0, 0.05) is 33.2 Å². The number of rotatable bonds is 5. The molecule has 110 valence electrons. The van der Waals surface area contributed by atoms with E-state index in [2.05, 4.69) is 5.32 Å². The molecule has 0 aromatic heterocycles. The Labute approximate surface area is 112 Å². The minimum absolute atomic E-state index is 0.0447. The number of methoxy groups -OCH3 is 1. The Bertz CT molecular complexity index is 313. The first-order chi connectivity index (χ1) is 8.93. The van der Waals surface area contributed by atoms with Crippen LogP contribution in [0, 0.1) is 0 Å². The maximum Gasteiger partial charge on any atom is 0.326 e. The smallest absolute Gasteiger partial charge is 0.326 e. The van der Waals surface area contributed by atoms with Crippen molar-refractivity contribution in [2.24, 2.45) is 0 Å². The van der Waals surface area contributed by atoms with Crippen LogP contribution in [0.25, 0.3) is 0 Å². The van der Waals surface area contributed by atoms with Gasteiger partial charge in [-0.1, -0.05) is 0 Å². The Balaban J connectivity index is 2.53. The highest BCUT2D eigenvalue weighted by molar-refractivity contribution is 5.82. The van der Waals surface area contributed by atoms with E-state index in [1.807, 2.05) is 13.8 Å². The van der Waals surface area contributed by atoms with E-state index >= 15 is 0 Å². The van der Waals surface area contributed by atoms with Gasteiger partial charge in [0.1, 0.15) is 6.04 Å². The van der Waals surface area contributed by atoms with E-state index in [1.165, 1.54) is 7.11 Å². The first kappa shape index (κ1) is 15.7. The van der Waals surface area contributed by atoms with Gasteiger partial charge in [-0.3, -0.25) is 0 Å². The van der Waals surface area contributed by atoms with Gasteiger partial charge in [-0.2, -0.15) is 0 Å². The molecule has 0 spiro atoms. The number of carbonyl (C=O) groups is 2. The largest absolute Gasteiger partial charge is 0.480 e. The zero-order valence-corrected chi connectivity index (χ0v) is 11.6.